The Bertz CT molecular complexity index is 859. The molecule has 0 bridgehead atoms. The number of nitrogens with zero attached hydrogens (tertiary/aromatic N) is 1. The molecule has 2 rings (SSSR count). The van der Waals surface area contributed by atoms with E-state index in [9.17, 15) is 19.7 Å². The Balaban J connectivity index is 2.08. The van der Waals surface area contributed by atoms with E-state index in [1.807, 2.05) is 6.92 Å². The highest BCUT2D eigenvalue weighted by molar-refractivity contribution is 6.02. The fraction of sp³-hybridized carbons (Fsp3) is 0.111. The van der Waals surface area contributed by atoms with Crippen LogP contribution in [-0.4, -0.2) is 16.7 Å². The van der Waals surface area contributed by atoms with Crippen LogP contribution in [0.15, 0.2) is 48.5 Å². The zero-order chi connectivity index (χ0) is 18.4. The van der Waals surface area contributed by atoms with Gasteiger partial charge in [-0.2, -0.15) is 0 Å². The molecule has 0 radical (unpaired) electrons. The zero-order valence-electron chi connectivity index (χ0n) is 13.8. The summed E-state index contributed by atoms with van der Waals surface area (Å²) in [6.45, 7) is 3.26. The van der Waals surface area contributed by atoms with Gasteiger partial charge in [-0.1, -0.05) is 18.2 Å². The zero-order valence-corrected chi connectivity index (χ0v) is 13.8. The lowest BCUT2D eigenvalue weighted by molar-refractivity contribution is -0.384. The second kappa shape index (κ2) is 7.87. The first-order valence-corrected chi connectivity index (χ1v) is 7.47. The van der Waals surface area contributed by atoms with Gasteiger partial charge in [0.2, 0.25) is 11.8 Å². The summed E-state index contributed by atoms with van der Waals surface area (Å²) in [4.78, 5) is 33.4. The van der Waals surface area contributed by atoms with Gasteiger partial charge < -0.3 is 10.6 Å². The van der Waals surface area contributed by atoms with Gasteiger partial charge in [-0.15, -0.1) is 0 Å². The first kappa shape index (κ1) is 17.9. The number of benzene rings is 2. The highest BCUT2D eigenvalue weighted by Gasteiger charge is 2.06. The molecule has 0 heterocycles. The van der Waals surface area contributed by atoms with Crippen molar-refractivity contribution in [2.45, 2.75) is 13.8 Å². The Morgan fingerprint density at radius 1 is 1.12 bits per heavy atom. The molecule has 0 atom stereocenters. The second-order valence-corrected chi connectivity index (χ2v) is 5.39. The van der Waals surface area contributed by atoms with Crippen LogP contribution < -0.4 is 10.6 Å². The van der Waals surface area contributed by atoms with Gasteiger partial charge in [0.1, 0.15) is 0 Å². The molecular weight excluding hydrogens is 322 g/mol. The lowest BCUT2D eigenvalue weighted by Crippen LogP contribution is -2.10. The molecule has 2 aromatic rings. The molecule has 2 N–H and O–H groups in total. The molecule has 0 spiro atoms. The SMILES string of the molecule is CC(=O)Nc1cc(NC(=O)/C=C/c2cccc([N+](=O)[O-])c2)ccc1C. The third kappa shape index (κ3) is 5.28. The third-order valence-corrected chi connectivity index (χ3v) is 3.32. The maximum Gasteiger partial charge on any atom is 0.270 e. The van der Waals surface area contributed by atoms with E-state index >= 15 is 0 Å². The molecule has 2 amide bonds. The minimum absolute atomic E-state index is 0.0407. The number of carbonyl (C=O) groups excluding carboxylic acids is 2. The van der Waals surface area contributed by atoms with Crippen molar-refractivity contribution in [2.75, 3.05) is 10.6 Å². The van der Waals surface area contributed by atoms with Crippen LogP contribution in [0.3, 0.4) is 0 Å². The van der Waals surface area contributed by atoms with E-state index in [2.05, 4.69) is 10.6 Å². The maximum atomic E-state index is 12.0. The topological polar surface area (TPSA) is 101 Å². The van der Waals surface area contributed by atoms with E-state index in [0.29, 0.717) is 16.9 Å². The normalized spacial score (nSPS) is 10.5. The number of hydrogen-bond acceptors (Lipinski definition) is 4. The summed E-state index contributed by atoms with van der Waals surface area (Å²) >= 11 is 0. The van der Waals surface area contributed by atoms with E-state index in [1.165, 1.54) is 31.2 Å². The minimum Gasteiger partial charge on any atom is -0.326 e. The van der Waals surface area contributed by atoms with Crippen LogP contribution in [-0.2, 0) is 9.59 Å². The number of nitrogens with one attached hydrogen (secondary N) is 2. The predicted molar refractivity (Wildman–Crippen MR) is 96.2 cm³/mol. The molecule has 0 aliphatic heterocycles. The van der Waals surface area contributed by atoms with Crippen molar-refractivity contribution in [3.8, 4) is 0 Å². The summed E-state index contributed by atoms with van der Waals surface area (Å²) in [5.74, 6) is -0.582. The van der Waals surface area contributed by atoms with Gasteiger partial charge in [-0.3, -0.25) is 19.7 Å². The maximum absolute atomic E-state index is 12.0. The van der Waals surface area contributed by atoms with Gasteiger partial charge in [0.25, 0.3) is 5.69 Å². The third-order valence-electron chi connectivity index (χ3n) is 3.32. The van der Waals surface area contributed by atoms with Crippen molar-refractivity contribution < 1.29 is 14.5 Å². The Morgan fingerprint density at radius 2 is 1.88 bits per heavy atom. The van der Waals surface area contributed by atoms with Crippen LogP contribution >= 0.6 is 0 Å². The summed E-state index contributed by atoms with van der Waals surface area (Å²) in [5.41, 5.74) is 2.53. The molecule has 0 aliphatic carbocycles. The molecule has 25 heavy (non-hydrogen) atoms. The average Bonchev–Trinajstić information content (AvgIpc) is 2.56. The van der Waals surface area contributed by atoms with Crippen LogP contribution in [0.5, 0.6) is 0 Å². The fourth-order valence-electron chi connectivity index (χ4n) is 2.12. The van der Waals surface area contributed by atoms with E-state index in [4.69, 9.17) is 0 Å². The van der Waals surface area contributed by atoms with Gasteiger partial charge in [0, 0.05) is 36.5 Å². The van der Waals surface area contributed by atoms with Crippen LogP contribution in [0.1, 0.15) is 18.1 Å². The van der Waals surface area contributed by atoms with E-state index in [-0.39, 0.29) is 17.5 Å². The van der Waals surface area contributed by atoms with Crippen molar-refractivity contribution in [2.24, 2.45) is 0 Å². The first-order chi connectivity index (χ1) is 11.8. The number of non-ortho nitro benzene ring substituents is 1. The van der Waals surface area contributed by atoms with Gasteiger partial charge in [-0.25, -0.2) is 0 Å². The van der Waals surface area contributed by atoms with Crippen molar-refractivity contribution in [3.63, 3.8) is 0 Å². The lowest BCUT2D eigenvalue weighted by Gasteiger charge is -2.09. The molecule has 0 aliphatic rings. The Labute approximate surface area is 144 Å². The van der Waals surface area contributed by atoms with Crippen molar-refractivity contribution >= 4 is 35.0 Å². The molecule has 0 saturated heterocycles. The van der Waals surface area contributed by atoms with Crippen molar-refractivity contribution in [1.82, 2.24) is 0 Å². The first-order valence-electron chi connectivity index (χ1n) is 7.47. The fourth-order valence-corrected chi connectivity index (χ4v) is 2.12. The summed E-state index contributed by atoms with van der Waals surface area (Å²) in [7, 11) is 0. The smallest absolute Gasteiger partial charge is 0.270 e. The Morgan fingerprint density at radius 3 is 2.56 bits per heavy atom. The number of aryl methyl sites for hydroxylation is 1. The van der Waals surface area contributed by atoms with Gasteiger partial charge in [0.05, 0.1) is 4.92 Å². The molecule has 128 valence electrons. The quantitative estimate of drug-likeness (QED) is 0.494. The van der Waals surface area contributed by atoms with Crippen LogP contribution in [0.4, 0.5) is 17.1 Å². The average molecular weight is 339 g/mol. The van der Waals surface area contributed by atoms with E-state index in [0.717, 1.165) is 5.56 Å². The number of nitro groups is 1. The largest absolute Gasteiger partial charge is 0.326 e. The number of rotatable bonds is 5. The second-order valence-electron chi connectivity index (χ2n) is 5.39. The van der Waals surface area contributed by atoms with Gasteiger partial charge in [-0.05, 0) is 36.3 Å². The summed E-state index contributed by atoms with van der Waals surface area (Å²) < 4.78 is 0. The van der Waals surface area contributed by atoms with Gasteiger partial charge >= 0.3 is 0 Å². The van der Waals surface area contributed by atoms with Gasteiger partial charge in [0.15, 0.2) is 0 Å². The molecule has 0 saturated carbocycles. The number of nitro benzene ring substituents is 1. The standard InChI is InChI=1S/C18H17N3O4/c1-12-6-8-15(11-17(12)19-13(2)22)20-18(23)9-7-14-4-3-5-16(10-14)21(24)25/h3-11H,1-2H3,(H,19,22)(H,20,23)/b9-7+. The van der Waals surface area contributed by atoms with Crippen molar-refractivity contribution in [3.05, 3.63) is 69.8 Å². The molecule has 2 aromatic carbocycles. The number of anilines is 2. The number of hydrogen-bond donors (Lipinski definition) is 2. The van der Waals surface area contributed by atoms with E-state index < -0.39 is 4.92 Å². The highest BCUT2D eigenvalue weighted by Crippen LogP contribution is 2.20. The number of amides is 2. The predicted octanol–water partition coefficient (Wildman–Crippen LogP) is 3.51. The van der Waals surface area contributed by atoms with Crippen molar-refractivity contribution in [1.29, 1.82) is 0 Å². The monoisotopic (exact) mass is 339 g/mol. The van der Waals surface area contributed by atoms with E-state index in [1.54, 1.807) is 30.3 Å². The lowest BCUT2D eigenvalue weighted by atomic mass is 10.1. The minimum atomic E-state index is -0.493. The summed E-state index contributed by atoms with van der Waals surface area (Å²) in [6, 6.07) is 11.1. The molecule has 7 heteroatoms. The summed E-state index contributed by atoms with van der Waals surface area (Å²) in [6.07, 6.45) is 2.78. The Hall–Kier alpha value is -3.48. The van der Waals surface area contributed by atoms with Crippen LogP contribution in [0.25, 0.3) is 6.08 Å². The number of carbonyl (C=O) groups is 2. The molecule has 0 unspecified atom stereocenters. The van der Waals surface area contributed by atoms with Crippen LogP contribution in [0.2, 0.25) is 0 Å². The van der Waals surface area contributed by atoms with Crippen LogP contribution in [0, 0.1) is 17.0 Å². The molecule has 0 fully saturated rings. The molecule has 0 aromatic heterocycles. The molecular formula is C18H17N3O4. The Kier molecular flexibility index (Phi) is 5.62. The summed E-state index contributed by atoms with van der Waals surface area (Å²) in [5, 5.41) is 16.1. The highest BCUT2D eigenvalue weighted by atomic mass is 16.6. The molecule has 7 nitrogen and oxygen atoms in total.